The second-order valence-corrected chi connectivity index (χ2v) is 6.30. The Hall–Kier alpha value is -2.42. The maximum atomic E-state index is 14.0. The zero-order valence-corrected chi connectivity index (χ0v) is 15.1. The summed E-state index contributed by atoms with van der Waals surface area (Å²) in [5, 5.41) is 2.00. The number of aryl methyl sites for hydroxylation is 2. The van der Waals surface area contributed by atoms with Crippen molar-refractivity contribution in [1.82, 2.24) is 4.98 Å². The lowest BCUT2D eigenvalue weighted by molar-refractivity contribution is 0.415. The molecule has 0 aliphatic rings. The summed E-state index contributed by atoms with van der Waals surface area (Å²) < 4.78 is 19.2. The van der Waals surface area contributed by atoms with Gasteiger partial charge in [-0.1, -0.05) is 26.7 Å². The van der Waals surface area contributed by atoms with Gasteiger partial charge in [-0.25, -0.2) is 4.39 Å². The molecule has 0 N–H and O–H groups in total. The van der Waals surface area contributed by atoms with Gasteiger partial charge in [0, 0.05) is 16.6 Å². The summed E-state index contributed by atoms with van der Waals surface area (Å²) >= 11 is 0. The maximum absolute atomic E-state index is 14.0. The molecule has 3 heteroatoms. The summed E-state index contributed by atoms with van der Waals surface area (Å²) in [4.78, 5) is 5.00. The van der Waals surface area contributed by atoms with E-state index < -0.39 is 0 Å². The SMILES string of the molecule is CCCc1nc(-c2ccc(OC)cc2)c2ccc(F)cc2c1CCC. The minimum Gasteiger partial charge on any atom is -0.497 e. The molecule has 1 heterocycles. The largest absolute Gasteiger partial charge is 0.497 e. The van der Waals surface area contributed by atoms with Gasteiger partial charge in [0.1, 0.15) is 11.6 Å². The van der Waals surface area contributed by atoms with Crippen molar-refractivity contribution in [1.29, 1.82) is 0 Å². The summed E-state index contributed by atoms with van der Waals surface area (Å²) in [5.74, 6) is 0.620. The van der Waals surface area contributed by atoms with Crippen molar-refractivity contribution in [2.45, 2.75) is 39.5 Å². The number of aromatic nitrogens is 1. The maximum Gasteiger partial charge on any atom is 0.123 e. The molecule has 0 saturated carbocycles. The Morgan fingerprint density at radius 1 is 0.920 bits per heavy atom. The van der Waals surface area contributed by atoms with Crippen LogP contribution in [0.2, 0.25) is 0 Å². The van der Waals surface area contributed by atoms with Gasteiger partial charge in [0.15, 0.2) is 0 Å². The van der Waals surface area contributed by atoms with E-state index in [4.69, 9.17) is 9.72 Å². The highest BCUT2D eigenvalue weighted by Gasteiger charge is 2.15. The quantitative estimate of drug-likeness (QED) is 0.554. The standard InChI is InChI=1S/C22H24FNO/c1-4-6-18-20-14-16(23)10-13-19(20)22(24-21(18)7-5-2)15-8-11-17(25-3)12-9-15/h8-14H,4-7H2,1-3H3. The fourth-order valence-corrected chi connectivity index (χ4v) is 3.33. The lowest BCUT2D eigenvalue weighted by Crippen LogP contribution is -2.02. The van der Waals surface area contributed by atoms with Gasteiger partial charge in [-0.2, -0.15) is 0 Å². The van der Waals surface area contributed by atoms with E-state index in [0.29, 0.717) is 0 Å². The molecule has 0 unspecified atom stereocenters. The molecule has 130 valence electrons. The minimum atomic E-state index is -0.195. The highest BCUT2D eigenvalue weighted by Crippen LogP contribution is 2.33. The average molecular weight is 337 g/mol. The monoisotopic (exact) mass is 337 g/mol. The molecule has 0 spiro atoms. The molecule has 0 bridgehead atoms. The zero-order chi connectivity index (χ0) is 17.8. The van der Waals surface area contributed by atoms with E-state index in [0.717, 1.165) is 59.2 Å². The van der Waals surface area contributed by atoms with Crippen LogP contribution in [-0.2, 0) is 12.8 Å². The number of rotatable bonds is 6. The number of hydrogen-bond acceptors (Lipinski definition) is 2. The lowest BCUT2D eigenvalue weighted by Gasteiger charge is -2.16. The number of halogens is 1. The van der Waals surface area contributed by atoms with Crippen LogP contribution in [0.25, 0.3) is 22.0 Å². The average Bonchev–Trinajstić information content (AvgIpc) is 2.64. The Balaban J connectivity index is 2.28. The second kappa shape index (κ2) is 7.64. The van der Waals surface area contributed by atoms with Gasteiger partial charge < -0.3 is 4.74 Å². The van der Waals surface area contributed by atoms with E-state index in [9.17, 15) is 4.39 Å². The number of nitrogens with zero attached hydrogens (tertiary/aromatic N) is 1. The molecule has 3 aromatic rings. The second-order valence-electron chi connectivity index (χ2n) is 6.30. The molecular formula is C22H24FNO. The highest BCUT2D eigenvalue weighted by atomic mass is 19.1. The molecule has 3 rings (SSSR count). The van der Waals surface area contributed by atoms with E-state index in [-0.39, 0.29) is 5.82 Å². The molecule has 0 amide bonds. The highest BCUT2D eigenvalue weighted by molar-refractivity contribution is 5.97. The van der Waals surface area contributed by atoms with Crippen LogP contribution >= 0.6 is 0 Å². The number of benzene rings is 2. The van der Waals surface area contributed by atoms with Crippen LogP contribution in [0.5, 0.6) is 5.75 Å². The van der Waals surface area contributed by atoms with Crippen molar-refractivity contribution >= 4 is 10.8 Å². The van der Waals surface area contributed by atoms with Gasteiger partial charge in [0.25, 0.3) is 0 Å². The van der Waals surface area contributed by atoms with E-state index >= 15 is 0 Å². The Morgan fingerprint density at radius 3 is 2.28 bits per heavy atom. The fraction of sp³-hybridized carbons (Fsp3) is 0.318. The third-order valence-electron chi connectivity index (χ3n) is 4.51. The van der Waals surface area contributed by atoms with Crippen molar-refractivity contribution in [3.63, 3.8) is 0 Å². The van der Waals surface area contributed by atoms with Crippen molar-refractivity contribution in [2.75, 3.05) is 7.11 Å². The molecule has 2 nitrogen and oxygen atoms in total. The smallest absolute Gasteiger partial charge is 0.123 e. The van der Waals surface area contributed by atoms with Gasteiger partial charge >= 0.3 is 0 Å². The molecule has 0 fully saturated rings. The van der Waals surface area contributed by atoms with Gasteiger partial charge in [0.05, 0.1) is 12.8 Å². The van der Waals surface area contributed by atoms with Gasteiger partial charge in [0.2, 0.25) is 0 Å². The first-order chi connectivity index (χ1) is 12.2. The Kier molecular flexibility index (Phi) is 5.32. The van der Waals surface area contributed by atoms with Crippen LogP contribution in [0.3, 0.4) is 0 Å². The van der Waals surface area contributed by atoms with Crippen molar-refractivity contribution < 1.29 is 9.13 Å². The molecule has 25 heavy (non-hydrogen) atoms. The van der Waals surface area contributed by atoms with Crippen molar-refractivity contribution in [2.24, 2.45) is 0 Å². The first-order valence-electron chi connectivity index (χ1n) is 8.93. The van der Waals surface area contributed by atoms with E-state index in [2.05, 4.69) is 13.8 Å². The Labute approximate surface area is 148 Å². The molecule has 0 atom stereocenters. The van der Waals surface area contributed by atoms with Crippen LogP contribution in [0.15, 0.2) is 42.5 Å². The molecule has 0 saturated heterocycles. The van der Waals surface area contributed by atoms with Crippen LogP contribution in [0.1, 0.15) is 37.9 Å². The summed E-state index contributed by atoms with van der Waals surface area (Å²) in [6.07, 6.45) is 3.87. The Bertz CT molecular complexity index is 871. The van der Waals surface area contributed by atoms with Crippen LogP contribution in [-0.4, -0.2) is 12.1 Å². The molecule has 0 radical (unpaired) electrons. The molecule has 0 aliphatic carbocycles. The van der Waals surface area contributed by atoms with Crippen molar-refractivity contribution in [3.05, 3.63) is 59.5 Å². The summed E-state index contributed by atoms with van der Waals surface area (Å²) in [6, 6.07) is 12.9. The van der Waals surface area contributed by atoms with Gasteiger partial charge in [-0.3, -0.25) is 4.98 Å². The molecule has 1 aromatic heterocycles. The van der Waals surface area contributed by atoms with Crippen LogP contribution in [0, 0.1) is 5.82 Å². The molecular weight excluding hydrogens is 313 g/mol. The first-order valence-corrected chi connectivity index (χ1v) is 8.93. The van der Waals surface area contributed by atoms with E-state index in [1.165, 1.54) is 11.6 Å². The lowest BCUT2D eigenvalue weighted by atomic mass is 9.94. The predicted molar refractivity (Wildman–Crippen MR) is 102 cm³/mol. The van der Waals surface area contributed by atoms with Crippen LogP contribution in [0.4, 0.5) is 4.39 Å². The number of hydrogen-bond donors (Lipinski definition) is 0. The van der Waals surface area contributed by atoms with Crippen LogP contribution < -0.4 is 4.74 Å². The molecule has 0 aliphatic heterocycles. The summed E-state index contributed by atoms with van der Waals surface area (Å²) in [7, 11) is 1.66. The number of pyridine rings is 1. The molecule has 2 aromatic carbocycles. The third-order valence-corrected chi connectivity index (χ3v) is 4.51. The fourth-order valence-electron chi connectivity index (χ4n) is 3.33. The zero-order valence-electron chi connectivity index (χ0n) is 15.1. The van der Waals surface area contributed by atoms with E-state index in [1.54, 1.807) is 13.2 Å². The van der Waals surface area contributed by atoms with E-state index in [1.807, 2.05) is 30.3 Å². The predicted octanol–water partition coefficient (Wildman–Crippen LogP) is 5.95. The van der Waals surface area contributed by atoms with Gasteiger partial charge in [-0.15, -0.1) is 0 Å². The Morgan fingerprint density at radius 2 is 1.64 bits per heavy atom. The number of fused-ring (bicyclic) bond motifs is 1. The summed E-state index contributed by atoms with van der Waals surface area (Å²) in [5.41, 5.74) is 4.23. The van der Waals surface area contributed by atoms with Crippen molar-refractivity contribution in [3.8, 4) is 17.0 Å². The normalized spacial score (nSPS) is 11.0. The first kappa shape index (κ1) is 17.4. The minimum absolute atomic E-state index is 0.195. The third kappa shape index (κ3) is 3.51. The topological polar surface area (TPSA) is 22.1 Å². The number of methoxy groups -OCH3 is 1. The van der Waals surface area contributed by atoms with Gasteiger partial charge in [-0.05, 0) is 66.3 Å². The number of ether oxygens (including phenoxy) is 1. The summed E-state index contributed by atoms with van der Waals surface area (Å²) in [6.45, 7) is 4.30.